The van der Waals surface area contributed by atoms with Crippen molar-refractivity contribution in [3.05, 3.63) is 70.3 Å². The number of fused-ring (bicyclic) bond motifs is 1. The van der Waals surface area contributed by atoms with E-state index in [4.69, 9.17) is 4.74 Å². The van der Waals surface area contributed by atoms with Gasteiger partial charge in [-0.2, -0.15) is 13.2 Å². The van der Waals surface area contributed by atoms with E-state index in [1.165, 1.54) is 11.0 Å². The summed E-state index contributed by atoms with van der Waals surface area (Å²) in [5.74, 6) is 0.380. The van der Waals surface area contributed by atoms with Gasteiger partial charge in [-0.1, -0.05) is 0 Å². The average Bonchev–Trinajstić information content (AvgIpc) is 3.54. The molecule has 11 heteroatoms. The summed E-state index contributed by atoms with van der Waals surface area (Å²) in [6.45, 7) is 2.23. The maximum atomic E-state index is 14.4. The molecule has 1 amide bonds. The standard InChI is InChI=1S/C32H37F3N6O2/c1-30(7-4-8-30)36-16-19-9-25-26(27(10-19)32(33,34)35)17-41(28(25)42)23-12-20(11-22(13-23)38-21-5-6-21)31(14-24(15-31)43-3)29-39-37-18-40(29)2/h9-13,18,21,24,36,38H,4-8,14-17H2,1-3H3. The van der Waals surface area contributed by atoms with Crippen LogP contribution in [0.2, 0.25) is 0 Å². The van der Waals surface area contributed by atoms with Gasteiger partial charge in [0, 0.05) is 49.2 Å². The summed E-state index contributed by atoms with van der Waals surface area (Å²) < 4.78 is 50.7. The molecule has 0 atom stereocenters. The van der Waals surface area contributed by atoms with Crippen molar-refractivity contribution in [2.45, 2.75) is 94.2 Å². The van der Waals surface area contributed by atoms with Gasteiger partial charge in [0.2, 0.25) is 0 Å². The van der Waals surface area contributed by atoms with Crippen molar-refractivity contribution in [3.8, 4) is 0 Å². The van der Waals surface area contributed by atoms with Gasteiger partial charge in [0.1, 0.15) is 12.2 Å². The quantitative estimate of drug-likeness (QED) is 0.331. The zero-order chi connectivity index (χ0) is 30.1. The Bertz CT molecular complexity index is 1570. The van der Waals surface area contributed by atoms with Crippen LogP contribution in [-0.4, -0.2) is 45.5 Å². The number of ether oxygens (including phenoxy) is 1. The van der Waals surface area contributed by atoms with Gasteiger partial charge in [0.15, 0.2) is 0 Å². The van der Waals surface area contributed by atoms with E-state index in [0.717, 1.165) is 49.2 Å². The second-order valence-corrected chi connectivity index (χ2v) is 13.1. The van der Waals surface area contributed by atoms with Crippen LogP contribution in [0.25, 0.3) is 0 Å². The molecule has 2 aromatic carbocycles. The van der Waals surface area contributed by atoms with Crippen molar-refractivity contribution in [3.63, 3.8) is 0 Å². The molecule has 8 nitrogen and oxygen atoms in total. The van der Waals surface area contributed by atoms with Gasteiger partial charge in [0.05, 0.1) is 23.6 Å². The van der Waals surface area contributed by atoms with Gasteiger partial charge in [0.25, 0.3) is 5.91 Å². The monoisotopic (exact) mass is 594 g/mol. The third kappa shape index (κ3) is 5.00. The van der Waals surface area contributed by atoms with E-state index in [1.807, 2.05) is 23.7 Å². The Kier molecular flexibility index (Phi) is 6.63. The van der Waals surface area contributed by atoms with Gasteiger partial charge >= 0.3 is 6.18 Å². The highest BCUT2D eigenvalue weighted by Gasteiger charge is 2.51. The van der Waals surface area contributed by atoms with Crippen LogP contribution in [0.5, 0.6) is 0 Å². The first-order chi connectivity index (χ1) is 20.5. The SMILES string of the molecule is COC1CC(c2cc(NC3CC3)cc(N3Cc4c(cc(CNC5(C)CCC5)cc4C(F)(F)F)C3=O)c2)(c2nncn2C)C1. The lowest BCUT2D eigenvalue weighted by Crippen LogP contribution is -2.48. The first kappa shape index (κ1) is 28.3. The van der Waals surface area contributed by atoms with Gasteiger partial charge in [-0.05, 0) is 98.9 Å². The van der Waals surface area contributed by atoms with E-state index in [1.54, 1.807) is 19.5 Å². The molecule has 0 radical (unpaired) electrons. The summed E-state index contributed by atoms with van der Waals surface area (Å²) in [7, 11) is 3.60. The summed E-state index contributed by atoms with van der Waals surface area (Å²) in [5, 5.41) is 15.5. The maximum Gasteiger partial charge on any atom is 0.416 e. The fraction of sp³-hybridized carbons (Fsp3) is 0.531. The lowest BCUT2D eigenvalue weighted by molar-refractivity contribution is -0.138. The summed E-state index contributed by atoms with van der Waals surface area (Å²) in [6.07, 6.45) is 3.70. The highest BCUT2D eigenvalue weighted by molar-refractivity contribution is 6.10. The molecule has 0 unspecified atom stereocenters. The van der Waals surface area contributed by atoms with Crippen LogP contribution in [0.1, 0.15) is 90.3 Å². The number of alkyl halides is 3. The summed E-state index contributed by atoms with van der Waals surface area (Å²) in [5.41, 5.74) is 1.68. The molecule has 1 aliphatic heterocycles. The first-order valence-corrected chi connectivity index (χ1v) is 15.1. The van der Waals surface area contributed by atoms with Crippen LogP contribution < -0.4 is 15.5 Å². The summed E-state index contributed by atoms with van der Waals surface area (Å²) in [4.78, 5) is 15.4. The minimum absolute atomic E-state index is 0.0318. The second-order valence-electron chi connectivity index (χ2n) is 13.1. The molecule has 228 valence electrons. The smallest absolute Gasteiger partial charge is 0.382 e. The van der Waals surface area contributed by atoms with Crippen LogP contribution >= 0.6 is 0 Å². The number of halogens is 3. The summed E-state index contributed by atoms with van der Waals surface area (Å²) >= 11 is 0. The Hall–Kier alpha value is -3.44. The predicted octanol–water partition coefficient (Wildman–Crippen LogP) is 5.70. The number of hydrogen-bond acceptors (Lipinski definition) is 6. The van der Waals surface area contributed by atoms with E-state index in [2.05, 4.69) is 33.8 Å². The number of carbonyl (C=O) groups excluding carboxylic acids is 1. The first-order valence-electron chi connectivity index (χ1n) is 15.1. The Morgan fingerprint density at radius 1 is 1.12 bits per heavy atom. The third-order valence-corrected chi connectivity index (χ3v) is 9.94. The number of aryl methyl sites for hydroxylation is 1. The van der Waals surface area contributed by atoms with Gasteiger partial charge in [-0.3, -0.25) is 4.79 Å². The zero-order valence-electron chi connectivity index (χ0n) is 24.7. The van der Waals surface area contributed by atoms with Crippen molar-refractivity contribution in [1.82, 2.24) is 20.1 Å². The van der Waals surface area contributed by atoms with E-state index < -0.39 is 23.1 Å². The van der Waals surface area contributed by atoms with E-state index in [0.29, 0.717) is 30.1 Å². The lowest BCUT2D eigenvalue weighted by atomic mass is 9.61. The number of hydrogen-bond donors (Lipinski definition) is 2. The molecule has 3 fully saturated rings. The normalized spacial score (nSPS) is 24.5. The molecule has 0 bridgehead atoms. The number of nitrogens with one attached hydrogen (secondary N) is 2. The van der Waals surface area contributed by atoms with Crippen LogP contribution in [0.3, 0.4) is 0 Å². The molecule has 0 saturated heterocycles. The number of aromatic nitrogens is 3. The molecule has 43 heavy (non-hydrogen) atoms. The van der Waals surface area contributed by atoms with Crippen LogP contribution in [0.4, 0.5) is 24.5 Å². The predicted molar refractivity (Wildman–Crippen MR) is 156 cm³/mol. The third-order valence-electron chi connectivity index (χ3n) is 9.94. The largest absolute Gasteiger partial charge is 0.416 e. The number of rotatable bonds is 9. The van der Waals surface area contributed by atoms with Crippen molar-refractivity contribution in [2.24, 2.45) is 7.05 Å². The fourth-order valence-electron chi connectivity index (χ4n) is 6.97. The topological polar surface area (TPSA) is 84.3 Å². The maximum absolute atomic E-state index is 14.4. The van der Waals surface area contributed by atoms with Gasteiger partial charge in [-0.25, -0.2) is 0 Å². The number of amides is 1. The summed E-state index contributed by atoms with van der Waals surface area (Å²) in [6, 6.07) is 9.11. The van der Waals surface area contributed by atoms with E-state index in [-0.39, 0.29) is 35.9 Å². The number of benzene rings is 2. The lowest BCUT2D eigenvalue weighted by Gasteiger charge is -2.46. The van der Waals surface area contributed by atoms with Gasteiger partial charge in [-0.15, -0.1) is 10.2 Å². The molecule has 7 rings (SSSR count). The van der Waals surface area contributed by atoms with E-state index >= 15 is 0 Å². The highest BCUT2D eigenvalue weighted by atomic mass is 19.4. The molecule has 3 aromatic rings. The van der Waals surface area contributed by atoms with E-state index in [9.17, 15) is 18.0 Å². The number of carbonyl (C=O) groups is 1. The molecule has 2 N–H and O–H groups in total. The zero-order valence-corrected chi connectivity index (χ0v) is 24.7. The van der Waals surface area contributed by atoms with Crippen molar-refractivity contribution in [1.29, 1.82) is 0 Å². The van der Waals surface area contributed by atoms with Crippen molar-refractivity contribution in [2.75, 3.05) is 17.3 Å². The minimum atomic E-state index is -4.58. The number of anilines is 2. The van der Waals surface area contributed by atoms with Crippen molar-refractivity contribution < 1.29 is 22.7 Å². The van der Waals surface area contributed by atoms with Crippen LogP contribution in [-0.2, 0) is 36.5 Å². The molecule has 3 aliphatic carbocycles. The fourth-order valence-corrected chi connectivity index (χ4v) is 6.97. The Morgan fingerprint density at radius 3 is 2.49 bits per heavy atom. The molecule has 3 saturated carbocycles. The highest BCUT2D eigenvalue weighted by Crippen LogP contribution is 2.51. The number of methoxy groups -OCH3 is 1. The number of nitrogens with zero attached hydrogens (tertiary/aromatic N) is 4. The Labute approximate surface area is 249 Å². The molecule has 4 aliphatic rings. The van der Waals surface area contributed by atoms with Crippen LogP contribution in [0.15, 0.2) is 36.7 Å². The Morgan fingerprint density at radius 2 is 1.88 bits per heavy atom. The molecular formula is C32H37F3N6O2. The van der Waals surface area contributed by atoms with Crippen LogP contribution in [0, 0.1) is 0 Å². The van der Waals surface area contributed by atoms with Gasteiger partial charge < -0.3 is 24.8 Å². The van der Waals surface area contributed by atoms with Crippen molar-refractivity contribution >= 4 is 17.3 Å². The minimum Gasteiger partial charge on any atom is -0.382 e. The molecular weight excluding hydrogens is 557 g/mol. The second kappa shape index (κ2) is 10.1. The molecule has 2 heterocycles. The average molecular weight is 595 g/mol. The molecule has 0 spiro atoms. The molecule has 1 aromatic heterocycles. The Balaban J connectivity index is 1.28.